The van der Waals surface area contributed by atoms with E-state index in [0.717, 1.165) is 11.5 Å². The zero-order valence-corrected chi connectivity index (χ0v) is 9.78. The van der Waals surface area contributed by atoms with Crippen LogP contribution >= 0.6 is 11.6 Å². The quantitative estimate of drug-likeness (QED) is 0.868. The standard InChI is InChI=1S/C11H11ClN4/c1-7-6-9(13-2)16-11(15-7)10-8(12)4-3-5-14-10/h3-6H,1-2H3,(H,13,15,16). The van der Waals surface area contributed by atoms with E-state index >= 15 is 0 Å². The van der Waals surface area contributed by atoms with Gasteiger partial charge in [-0.1, -0.05) is 11.6 Å². The summed E-state index contributed by atoms with van der Waals surface area (Å²) < 4.78 is 0. The Morgan fingerprint density at radius 3 is 2.81 bits per heavy atom. The van der Waals surface area contributed by atoms with Gasteiger partial charge >= 0.3 is 0 Å². The lowest BCUT2D eigenvalue weighted by molar-refractivity contribution is 1.09. The van der Waals surface area contributed by atoms with Crippen LogP contribution in [-0.2, 0) is 0 Å². The van der Waals surface area contributed by atoms with Crippen LogP contribution in [0.3, 0.4) is 0 Å². The highest BCUT2D eigenvalue weighted by Gasteiger charge is 2.09. The molecule has 0 aromatic carbocycles. The fourth-order valence-electron chi connectivity index (χ4n) is 1.35. The van der Waals surface area contributed by atoms with E-state index in [0.29, 0.717) is 16.5 Å². The molecule has 0 fully saturated rings. The number of nitrogens with one attached hydrogen (secondary N) is 1. The topological polar surface area (TPSA) is 50.7 Å². The number of aromatic nitrogens is 3. The van der Waals surface area contributed by atoms with Crippen molar-refractivity contribution in [3.05, 3.63) is 35.1 Å². The Hall–Kier alpha value is -1.68. The van der Waals surface area contributed by atoms with Crippen LogP contribution in [0.15, 0.2) is 24.4 Å². The van der Waals surface area contributed by atoms with Gasteiger partial charge in [0, 0.05) is 25.0 Å². The second-order valence-electron chi connectivity index (χ2n) is 3.30. The zero-order valence-electron chi connectivity index (χ0n) is 9.03. The third kappa shape index (κ3) is 2.12. The summed E-state index contributed by atoms with van der Waals surface area (Å²) in [4.78, 5) is 12.8. The molecule has 0 aliphatic heterocycles. The molecule has 0 radical (unpaired) electrons. The average molecular weight is 235 g/mol. The lowest BCUT2D eigenvalue weighted by Gasteiger charge is -2.05. The van der Waals surface area contributed by atoms with Crippen molar-refractivity contribution in [2.75, 3.05) is 12.4 Å². The van der Waals surface area contributed by atoms with E-state index in [2.05, 4.69) is 20.3 Å². The smallest absolute Gasteiger partial charge is 0.181 e. The molecular formula is C11H11ClN4. The summed E-state index contributed by atoms with van der Waals surface area (Å²) in [6.07, 6.45) is 1.67. The second-order valence-corrected chi connectivity index (χ2v) is 3.71. The third-order valence-corrected chi connectivity index (χ3v) is 2.39. The molecule has 0 aliphatic rings. The summed E-state index contributed by atoms with van der Waals surface area (Å²) in [5, 5.41) is 3.53. The van der Waals surface area contributed by atoms with Gasteiger partial charge in [0.25, 0.3) is 0 Å². The first-order valence-electron chi connectivity index (χ1n) is 4.85. The summed E-state index contributed by atoms with van der Waals surface area (Å²) in [6, 6.07) is 5.41. The van der Waals surface area contributed by atoms with Crippen LogP contribution in [0.1, 0.15) is 5.69 Å². The van der Waals surface area contributed by atoms with Crippen LogP contribution in [-0.4, -0.2) is 22.0 Å². The maximum absolute atomic E-state index is 6.04. The van der Waals surface area contributed by atoms with Gasteiger partial charge in [-0.2, -0.15) is 0 Å². The highest BCUT2D eigenvalue weighted by atomic mass is 35.5. The van der Waals surface area contributed by atoms with E-state index in [1.165, 1.54) is 0 Å². The van der Waals surface area contributed by atoms with Gasteiger partial charge in [-0.3, -0.25) is 4.98 Å². The third-order valence-electron chi connectivity index (χ3n) is 2.08. The Morgan fingerprint density at radius 2 is 2.12 bits per heavy atom. The van der Waals surface area contributed by atoms with Gasteiger partial charge in [-0.05, 0) is 19.1 Å². The van der Waals surface area contributed by atoms with Crippen molar-refractivity contribution in [2.45, 2.75) is 6.92 Å². The Labute approximate surface area is 98.7 Å². The average Bonchev–Trinajstić information content (AvgIpc) is 2.28. The van der Waals surface area contributed by atoms with E-state index in [4.69, 9.17) is 11.6 Å². The van der Waals surface area contributed by atoms with E-state index < -0.39 is 0 Å². The van der Waals surface area contributed by atoms with Crippen molar-refractivity contribution in [3.8, 4) is 11.5 Å². The van der Waals surface area contributed by atoms with Crippen molar-refractivity contribution in [1.29, 1.82) is 0 Å². The molecule has 5 heteroatoms. The molecule has 2 heterocycles. The fraction of sp³-hybridized carbons (Fsp3) is 0.182. The number of halogens is 1. The zero-order chi connectivity index (χ0) is 11.5. The van der Waals surface area contributed by atoms with E-state index in [-0.39, 0.29) is 0 Å². The predicted molar refractivity (Wildman–Crippen MR) is 64.6 cm³/mol. The summed E-state index contributed by atoms with van der Waals surface area (Å²) in [5.74, 6) is 1.29. The van der Waals surface area contributed by atoms with Gasteiger partial charge in [0.1, 0.15) is 11.5 Å². The van der Waals surface area contributed by atoms with Crippen LogP contribution < -0.4 is 5.32 Å². The summed E-state index contributed by atoms with van der Waals surface area (Å²) in [5.41, 5.74) is 1.47. The number of rotatable bonds is 2. The largest absolute Gasteiger partial charge is 0.373 e. The second kappa shape index (κ2) is 4.45. The molecule has 0 atom stereocenters. The SMILES string of the molecule is CNc1cc(C)nc(-c2ncccc2Cl)n1. The van der Waals surface area contributed by atoms with Gasteiger partial charge in [-0.15, -0.1) is 0 Å². The molecule has 0 aliphatic carbocycles. The molecule has 82 valence electrons. The fourth-order valence-corrected chi connectivity index (χ4v) is 1.56. The van der Waals surface area contributed by atoms with E-state index in [1.54, 1.807) is 18.3 Å². The number of pyridine rings is 1. The molecule has 1 N–H and O–H groups in total. The first-order valence-corrected chi connectivity index (χ1v) is 5.23. The minimum atomic E-state index is 0.537. The first-order chi connectivity index (χ1) is 7.70. The molecule has 0 unspecified atom stereocenters. The lowest BCUT2D eigenvalue weighted by atomic mass is 10.3. The first kappa shape index (κ1) is 10.8. The van der Waals surface area contributed by atoms with Crippen molar-refractivity contribution >= 4 is 17.4 Å². The van der Waals surface area contributed by atoms with E-state index in [1.807, 2.05) is 20.0 Å². The lowest BCUT2D eigenvalue weighted by Crippen LogP contribution is -1.99. The molecular weight excluding hydrogens is 224 g/mol. The normalized spacial score (nSPS) is 10.2. The number of nitrogens with zero attached hydrogens (tertiary/aromatic N) is 3. The Morgan fingerprint density at radius 1 is 1.31 bits per heavy atom. The molecule has 2 aromatic rings. The molecule has 16 heavy (non-hydrogen) atoms. The highest BCUT2D eigenvalue weighted by Crippen LogP contribution is 2.23. The van der Waals surface area contributed by atoms with Crippen molar-refractivity contribution < 1.29 is 0 Å². The van der Waals surface area contributed by atoms with Crippen molar-refractivity contribution in [3.63, 3.8) is 0 Å². The van der Waals surface area contributed by atoms with Gasteiger partial charge in [0.05, 0.1) is 5.02 Å². The minimum Gasteiger partial charge on any atom is -0.373 e. The number of hydrogen-bond acceptors (Lipinski definition) is 4. The van der Waals surface area contributed by atoms with Crippen LogP contribution in [0.2, 0.25) is 5.02 Å². The minimum absolute atomic E-state index is 0.537. The Kier molecular flexibility index (Phi) is 3.01. The summed E-state index contributed by atoms with van der Waals surface area (Å²) >= 11 is 6.04. The van der Waals surface area contributed by atoms with Gasteiger partial charge in [-0.25, -0.2) is 9.97 Å². The maximum Gasteiger partial charge on any atom is 0.181 e. The summed E-state index contributed by atoms with van der Waals surface area (Å²) in [7, 11) is 1.81. The predicted octanol–water partition coefficient (Wildman–Crippen LogP) is 2.54. The Bertz CT molecular complexity index is 513. The number of aryl methyl sites for hydroxylation is 1. The molecule has 0 saturated heterocycles. The highest BCUT2D eigenvalue weighted by molar-refractivity contribution is 6.32. The van der Waals surface area contributed by atoms with Crippen molar-refractivity contribution in [2.24, 2.45) is 0 Å². The number of hydrogen-bond donors (Lipinski definition) is 1. The molecule has 0 saturated carbocycles. The van der Waals surface area contributed by atoms with Crippen LogP contribution in [0.4, 0.5) is 5.82 Å². The molecule has 2 aromatic heterocycles. The van der Waals surface area contributed by atoms with Crippen molar-refractivity contribution in [1.82, 2.24) is 15.0 Å². The van der Waals surface area contributed by atoms with Crippen LogP contribution in [0.5, 0.6) is 0 Å². The molecule has 0 amide bonds. The Balaban J connectivity index is 2.56. The number of anilines is 1. The molecule has 0 spiro atoms. The molecule has 0 bridgehead atoms. The van der Waals surface area contributed by atoms with Gasteiger partial charge in [0.2, 0.25) is 0 Å². The monoisotopic (exact) mass is 234 g/mol. The van der Waals surface area contributed by atoms with E-state index in [9.17, 15) is 0 Å². The van der Waals surface area contributed by atoms with Gasteiger partial charge < -0.3 is 5.32 Å². The molecule has 4 nitrogen and oxygen atoms in total. The summed E-state index contributed by atoms with van der Waals surface area (Å²) in [6.45, 7) is 1.91. The van der Waals surface area contributed by atoms with Crippen LogP contribution in [0, 0.1) is 6.92 Å². The molecule has 2 rings (SSSR count). The van der Waals surface area contributed by atoms with Gasteiger partial charge in [0.15, 0.2) is 5.82 Å². The maximum atomic E-state index is 6.04. The van der Waals surface area contributed by atoms with Crippen LogP contribution in [0.25, 0.3) is 11.5 Å².